The normalized spacial score (nSPS) is 21.5. The molecule has 3 rings (SSSR count). The van der Waals surface area contributed by atoms with Crippen molar-refractivity contribution in [1.82, 2.24) is 0 Å². The Kier molecular flexibility index (Phi) is 8.24. The number of ether oxygens (including phenoxy) is 1. The van der Waals surface area contributed by atoms with E-state index in [0.29, 0.717) is 23.7 Å². The van der Waals surface area contributed by atoms with E-state index in [4.69, 9.17) is 27.9 Å². The quantitative estimate of drug-likeness (QED) is 0.342. The van der Waals surface area contributed by atoms with Crippen LogP contribution in [0.15, 0.2) is 6.07 Å². The average Bonchev–Trinajstić information content (AvgIpc) is 3.40. The molecule has 2 aliphatic carbocycles. The second-order valence-electron chi connectivity index (χ2n) is 10.3. The lowest BCUT2D eigenvalue weighted by molar-refractivity contribution is -0.160. The maximum Gasteiger partial charge on any atom is 0.309 e. The summed E-state index contributed by atoms with van der Waals surface area (Å²) in [6.45, 7) is 4.86. The van der Waals surface area contributed by atoms with Crippen LogP contribution in [-0.2, 0) is 16.0 Å². The third-order valence-electron chi connectivity index (χ3n) is 7.94. The number of carbonyl (C=O) groups excluding carboxylic acids is 1. The summed E-state index contributed by atoms with van der Waals surface area (Å²) >= 11 is 13.1. The van der Waals surface area contributed by atoms with Crippen molar-refractivity contribution in [3.8, 4) is 5.75 Å². The molecule has 0 amide bonds. The highest BCUT2D eigenvalue weighted by molar-refractivity contribution is 6.45. The fourth-order valence-corrected chi connectivity index (χ4v) is 6.25. The third-order valence-corrected chi connectivity index (χ3v) is 8.79. The van der Waals surface area contributed by atoms with Gasteiger partial charge in [0.2, 0.25) is 0 Å². The Labute approximate surface area is 211 Å². The van der Waals surface area contributed by atoms with Crippen molar-refractivity contribution in [3.05, 3.63) is 27.2 Å². The van der Waals surface area contributed by atoms with Gasteiger partial charge < -0.3 is 14.9 Å². The minimum absolute atomic E-state index is 0.0128. The topological polar surface area (TPSA) is 101 Å². The monoisotopic (exact) mass is 512 g/mol. The van der Waals surface area contributed by atoms with Crippen molar-refractivity contribution in [2.75, 3.05) is 6.61 Å². The Morgan fingerprint density at radius 3 is 2.41 bits per heavy atom. The summed E-state index contributed by atoms with van der Waals surface area (Å²) in [5.41, 5.74) is -0.572. The second kappa shape index (κ2) is 10.4. The zero-order valence-corrected chi connectivity index (χ0v) is 21.6. The predicted molar refractivity (Wildman–Crippen MR) is 131 cm³/mol. The largest absolute Gasteiger partial charge is 0.492 e. The van der Waals surface area contributed by atoms with Crippen LogP contribution in [-0.4, -0.2) is 34.5 Å². The van der Waals surface area contributed by atoms with Gasteiger partial charge in [-0.25, -0.2) is 0 Å². The maximum absolute atomic E-state index is 13.7. The van der Waals surface area contributed by atoms with E-state index >= 15 is 0 Å². The van der Waals surface area contributed by atoms with Crippen LogP contribution in [0.4, 0.5) is 0 Å². The summed E-state index contributed by atoms with van der Waals surface area (Å²) in [7, 11) is 0. The molecule has 2 aliphatic rings. The van der Waals surface area contributed by atoms with E-state index in [1.807, 2.05) is 0 Å². The van der Waals surface area contributed by atoms with Gasteiger partial charge in [-0.1, -0.05) is 55.8 Å². The van der Waals surface area contributed by atoms with Crippen LogP contribution in [0.3, 0.4) is 0 Å². The van der Waals surface area contributed by atoms with Crippen molar-refractivity contribution in [2.45, 2.75) is 78.6 Å². The molecule has 2 atom stereocenters. The molecular formula is C26H34Cl2O6. The van der Waals surface area contributed by atoms with Crippen LogP contribution in [0.2, 0.25) is 10.0 Å². The van der Waals surface area contributed by atoms with E-state index in [1.54, 1.807) is 6.07 Å². The van der Waals surface area contributed by atoms with E-state index in [2.05, 4.69) is 6.92 Å². The van der Waals surface area contributed by atoms with Gasteiger partial charge in [-0.2, -0.15) is 0 Å². The van der Waals surface area contributed by atoms with Crippen molar-refractivity contribution in [1.29, 1.82) is 0 Å². The molecule has 2 unspecified atom stereocenters. The molecule has 0 heterocycles. The highest BCUT2D eigenvalue weighted by Crippen LogP contribution is 2.54. The van der Waals surface area contributed by atoms with Crippen LogP contribution in [0.25, 0.3) is 0 Å². The number of halogens is 2. The highest BCUT2D eigenvalue weighted by atomic mass is 35.5. The number of hydrogen-bond acceptors (Lipinski definition) is 4. The third kappa shape index (κ3) is 4.81. The summed E-state index contributed by atoms with van der Waals surface area (Å²) in [6.07, 6.45) is 7.80. The molecule has 8 heteroatoms. The molecule has 0 aromatic heterocycles. The van der Waals surface area contributed by atoms with Crippen LogP contribution in [0.1, 0.15) is 88.1 Å². The first-order valence-corrected chi connectivity index (χ1v) is 12.9. The number of fused-ring (bicyclic) bond motifs is 1. The molecule has 188 valence electrons. The van der Waals surface area contributed by atoms with Crippen LogP contribution in [0.5, 0.6) is 5.75 Å². The first-order valence-electron chi connectivity index (χ1n) is 12.1. The first-order chi connectivity index (χ1) is 16.0. The summed E-state index contributed by atoms with van der Waals surface area (Å²) in [5.74, 6) is -2.79. The standard InChI is InChI=1S/C26H34Cl2O6/c1-4-5-11-26(16-8-6-7-9-16)14-15-13-18(20(27)21(28)19(15)22(26)29)34-12-10-17(23(30)31)25(2,3)24(32)33/h13,16-17H,4-12,14H2,1-3H3,(H,30,31)(H,32,33). The number of Topliss-reactive ketones (excluding diaryl/α,β-unsaturated/α-hetero) is 1. The molecule has 0 spiro atoms. The van der Waals surface area contributed by atoms with E-state index in [9.17, 15) is 24.6 Å². The molecule has 1 aromatic carbocycles. The van der Waals surface area contributed by atoms with E-state index in [0.717, 1.165) is 50.5 Å². The minimum Gasteiger partial charge on any atom is -0.492 e. The van der Waals surface area contributed by atoms with E-state index in [-0.39, 0.29) is 28.9 Å². The molecular weight excluding hydrogens is 479 g/mol. The Balaban J connectivity index is 1.85. The van der Waals surface area contributed by atoms with Crippen LogP contribution < -0.4 is 4.74 Å². The molecule has 34 heavy (non-hydrogen) atoms. The van der Waals surface area contributed by atoms with E-state index in [1.165, 1.54) is 13.8 Å². The highest BCUT2D eigenvalue weighted by Gasteiger charge is 2.52. The van der Waals surface area contributed by atoms with Crippen LogP contribution >= 0.6 is 23.2 Å². The number of unbranched alkanes of at least 4 members (excludes halogenated alkanes) is 1. The summed E-state index contributed by atoms with van der Waals surface area (Å²) < 4.78 is 5.82. The van der Waals surface area contributed by atoms with Gasteiger partial charge in [0, 0.05) is 11.0 Å². The number of hydrogen-bond donors (Lipinski definition) is 2. The molecule has 0 bridgehead atoms. The van der Waals surface area contributed by atoms with Gasteiger partial charge in [0.1, 0.15) is 10.8 Å². The number of carboxylic acid groups (broad SMARTS) is 2. The van der Waals surface area contributed by atoms with Gasteiger partial charge >= 0.3 is 11.9 Å². The molecule has 2 N–H and O–H groups in total. The lowest BCUT2D eigenvalue weighted by Crippen LogP contribution is -2.38. The fourth-order valence-electron chi connectivity index (χ4n) is 5.75. The lowest BCUT2D eigenvalue weighted by atomic mass is 9.68. The number of aliphatic carboxylic acids is 2. The van der Waals surface area contributed by atoms with Gasteiger partial charge in [-0.3, -0.25) is 14.4 Å². The Morgan fingerprint density at radius 1 is 1.21 bits per heavy atom. The van der Waals surface area contributed by atoms with Gasteiger partial charge in [0.25, 0.3) is 0 Å². The smallest absolute Gasteiger partial charge is 0.309 e. The average molecular weight is 513 g/mol. The summed E-state index contributed by atoms with van der Waals surface area (Å²) in [6, 6.07) is 1.77. The summed E-state index contributed by atoms with van der Waals surface area (Å²) in [5, 5.41) is 19.3. The van der Waals surface area contributed by atoms with Crippen molar-refractivity contribution in [2.24, 2.45) is 22.7 Å². The SMILES string of the molecule is CCCCC1(C2CCCC2)Cc2cc(OCCC(C(=O)O)C(C)(C)C(=O)O)c(Cl)c(Cl)c2C1=O. The molecule has 0 radical (unpaired) electrons. The second-order valence-corrected chi connectivity index (χ2v) is 11.1. The molecule has 0 saturated heterocycles. The van der Waals surface area contributed by atoms with E-state index < -0.39 is 28.7 Å². The summed E-state index contributed by atoms with van der Waals surface area (Å²) in [4.78, 5) is 37.0. The zero-order valence-electron chi connectivity index (χ0n) is 20.1. The first kappa shape index (κ1) is 26.8. The lowest BCUT2D eigenvalue weighted by Gasteiger charge is -2.34. The number of carboxylic acids is 2. The molecule has 1 saturated carbocycles. The molecule has 6 nitrogen and oxygen atoms in total. The maximum atomic E-state index is 13.7. The zero-order chi connectivity index (χ0) is 25.3. The van der Waals surface area contributed by atoms with Crippen molar-refractivity contribution >= 4 is 40.9 Å². The minimum atomic E-state index is -1.46. The molecule has 1 fully saturated rings. The Morgan fingerprint density at radius 2 is 1.85 bits per heavy atom. The Hall–Kier alpha value is -1.79. The van der Waals surface area contributed by atoms with Crippen molar-refractivity contribution < 1.29 is 29.3 Å². The molecule has 1 aromatic rings. The number of benzene rings is 1. The van der Waals surface area contributed by atoms with Crippen LogP contribution in [0, 0.1) is 22.7 Å². The van der Waals surface area contributed by atoms with Gasteiger partial charge in [0.15, 0.2) is 5.78 Å². The van der Waals surface area contributed by atoms with Gasteiger partial charge in [0.05, 0.1) is 23.0 Å². The molecule has 0 aliphatic heterocycles. The Bertz CT molecular complexity index is 967. The predicted octanol–water partition coefficient (Wildman–Crippen LogP) is 6.68. The van der Waals surface area contributed by atoms with Gasteiger partial charge in [-0.05, 0) is 63.5 Å². The number of carbonyl (C=O) groups is 3. The number of ketones is 1. The van der Waals surface area contributed by atoms with Gasteiger partial charge in [-0.15, -0.1) is 0 Å². The number of rotatable bonds is 11. The fraction of sp³-hybridized carbons (Fsp3) is 0.654. The van der Waals surface area contributed by atoms with Crippen molar-refractivity contribution in [3.63, 3.8) is 0 Å².